The fraction of sp³-hybridized carbons (Fsp3) is 0.268. The van der Waals surface area contributed by atoms with E-state index in [0.29, 0.717) is 51.9 Å². The molecule has 2 aromatic carbocycles. The number of rotatable bonds is 17. The van der Waals surface area contributed by atoms with Crippen LogP contribution in [0.4, 0.5) is 27.4 Å². The number of pyridine rings is 2. The second kappa shape index (κ2) is 18.2. The molecule has 0 aliphatic rings. The molecule has 0 saturated carbocycles. The second-order valence-electron chi connectivity index (χ2n) is 13.5. The Morgan fingerprint density at radius 3 is 2.31 bits per heavy atom. The number of nitrogens with zero attached hydrogens (tertiary/aromatic N) is 6. The molecule has 0 spiro atoms. The van der Waals surface area contributed by atoms with Crippen LogP contribution in [0.1, 0.15) is 64.9 Å². The lowest BCUT2D eigenvalue weighted by Crippen LogP contribution is -2.32. The normalized spacial score (nSPS) is 11.5. The number of hydrogen-bond donors (Lipinski definition) is 5. The lowest BCUT2D eigenvalue weighted by Gasteiger charge is -2.17. The molecule has 6 N–H and O–H groups in total. The van der Waals surface area contributed by atoms with Gasteiger partial charge in [0.1, 0.15) is 17.7 Å². The highest BCUT2D eigenvalue weighted by atomic mass is 19.1. The molecule has 1 atom stereocenters. The highest BCUT2D eigenvalue weighted by molar-refractivity contribution is 6.01. The van der Waals surface area contributed by atoms with Crippen molar-refractivity contribution >= 4 is 51.8 Å². The molecule has 4 heterocycles. The van der Waals surface area contributed by atoms with Crippen LogP contribution in [0.25, 0.3) is 22.4 Å². The summed E-state index contributed by atoms with van der Waals surface area (Å²) in [4.78, 5) is 67.3. The van der Waals surface area contributed by atoms with Gasteiger partial charge in [-0.2, -0.15) is 0 Å². The first-order valence-corrected chi connectivity index (χ1v) is 18.6. The molecule has 6 aromatic rings. The summed E-state index contributed by atoms with van der Waals surface area (Å²) in [5, 5.41) is 11.9. The number of carbonyl (C=O) groups is 3. The number of halogens is 1. The quantitative estimate of drug-likeness (QED) is 0.0762. The Bertz CT molecular complexity index is 2500. The van der Waals surface area contributed by atoms with Gasteiger partial charge in [0, 0.05) is 39.1 Å². The van der Waals surface area contributed by atoms with E-state index in [9.17, 15) is 23.6 Å². The van der Waals surface area contributed by atoms with Crippen LogP contribution in [0.5, 0.6) is 5.75 Å². The monoisotopic (exact) mass is 789 g/mol. The zero-order valence-corrected chi connectivity index (χ0v) is 32.5. The molecule has 0 fully saturated rings. The molecule has 0 aliphatic carbocycles. The van der Waals surface area contributed by atoms with Gasteiger partial charge in [-0.25, -0.2) is 29.1 Å². The smallest absolute Gasteiger partial charge is 0.329 e. The third kappa shape index (κ3) is 8.93. The van der Waals surface area contributed by atoms with Gasteiger partial charge in [-0.15, -0.1) is 0 Å². The summed E-state index contributed by atoms with van der Waals surface area (Å²) in [5.74, 6) is -0.328. The van der Waals surface area contributed by atoms with Crippen molar-refractivity contribution < 1.29 is 23.5 Å². The number of nitrogens with two attached hydrogens (primary N) is 1. The number of aromatic nitrogens is 6. The third-order valence-electron chi connectivity index (χ3n) is 9.65. The molecular weight excluding hydrogens is 746 g/mol. The number of carbonyl (C=O) groups excluding carboxylic acids is 3. The largest absolute Gasteiger partial charge is 0.494 e. The molecular formula is C41H44FN11O5. The lowest BCUT2D eigenvalue weighted by molar-refractivity contribution is -0.120. The van der Waals surface area contributed by atoms with Gasteiger partial charge < -0.3 is 31.7 Å². The summed E-state index contributed by atoms with van der Waals surface area (Å²) in [7, 11) is 4.70. The number of ether oxygens (including phenoxy) is 1. The SMILES string of the molecule is CNC(=O)c1cnc(Nc2ccc(C(=O)NCCCCCCc3cccc4c3n(C)c(=O)n4C(C)C(N)=O)cn2)cc1Nc1cccc(-c2ncc(F)cn2)c1OC. The molecule has 0 aliphatic heterocycles. The van der Waals surface area contributed by atoms with Gasteiger partial charge in [0.25, 0.3) is 11.8 Å². The van der Waals surface area contributed by atoms with Crippen LogP contribution < -0.4 is 37.4 Å². The van der Waals surface area contributed by atoms with Crippen molar-refractivity contribution in [2.75, 3.05) is 31.3 Å². The zero-order chi connectivity index (χ0) is 41.3. The van der Waals surface area contributed by atoms with E-state index < -0.39 is 17.8 Å². The Morgan fingerprint density at radius 2 is 1.60 bits per heavy atom. The maximum Gasteiger partial charge on any atom is 0.329 e. The molecule has 4 aromatic heterocycles. The van der Waals surface area contributed by atoms with Crippen LogP contribution in [0, 0.1) is 5.82 Å². The number of nitrogens with one attached hydrogen (secondary N) is 4. The molecule has 17 heteroatoms. The standard InChI is InChI=1S/C41H44FN11O5/c1-24(37(43)54)53-32-15-9-12-25(35(32)52(3)41(53)57)11-7-5-6-8-18-45-39(55)26-16-17-33(46-20-26)51-34-19-31(29(23-47-34)40(56)44-2)50-30-14-10-13-28(36(30)58-4)38-48-21-27(42)22-49-38/h9-10,12-17,19-24H,5-8,11,18H2,1-4H3,(H2,43,54)(H,44,56)(H,45,55)(H2,46,47,50,51). The van der Waals surface area contributed by atoms with E-state index in [0.717, 1.165) is 55.6 Å². The van der Waals surface area contributed by atoms with Crippen LogP contribution in [0.3, 0.4) is 0 Å². The highest BCUT2D eigenvalue weighted by Crippen LogP contribution is 2.37. The number of amides is 3. The Kier molecular flexibility index (Phi) is 12.7. The number of para-hydroxylation sites is 2. The Hall–Kier alpha value is -7.17. The minimum Gasteiger partial charge on any atom is -0.494 e. The minimum absolute atomic E-state index is 0.247. The Balaban J connectivity index is 1.02. The van der Waals surface area contributed by atoms with Crippen molar-refractivity contribution in [2.45, 2.75) is 45.1 Å². The molecule has 0 saturated heterocycles. The minimum atomic E-state index is -0.753. The summed E-state index contributed by atoms with van der Waals surface area (Å²) in [6.07, 6.45) is 9.30. The number of methoxy groups -OCH3 is 1. The number of hydrogen-bond acceptors (Lipinski definition) is 11. The summed E-state index contributed by atoms with van der Waals surface area (Å²) < 4.78 is 22.2. The summed E-state index contributed by atoms with van der Waals surface area (Å²) in [6.45, 7) is 2.12. The van der Waals surface area contributed by atoms with Gasteiger partial charge in [-0.3, -0.25) is 23.5 Å². The van der Waals surface area contributed by atoms with E-state index >= 15 is 0 Å². The maximum atomic E-state index is 13.5. The number of primary amides is 1. The number of aryl methyl sites for hydroxylation is 2. The maximum absolute atomic E-state index is 13.5. The van der Waals surface area contributed by atoms with Crippen molar-refractivity contribution in [1.29, 1.82) is 0 Å². The molecule has 16 nitrogen and oxygen atoms in total. The molecule has 0 bridgehead atoms. The van der Waals surface area contributed by atoms with Crippen LogP contribution in [-0.4, -0.2) is 67.5 Å². The van der Waals surface area contributed by atoms with E-state index in [-0.39, 0.29) is 28.9 Å². The number of anilines is 4. The molecule has 58 heavy (non-hydrogen) atoms. The van der Waals surface area contributed by atoms with Crippen LogP contribution in [0.2, 0.25) is 0 Å². The van der Waals surface area contributed by atoms with Gasteiger partial charge in [-0.05, 0) is 62.1 Å². The summed E-state index contributed by atoms with van der Waals surface area (Å²) in [5.41, 5.74) is 9.80. The first kappa shape index (κ1) is 40.5. The van der Waals surface area contributed by atoms with Crippen molar-refractivity contribution in [2.24, 2.45) is 12.8 Å². The molecule has 1 unspecified atom stereocenters. The van der Waals surface area contributed by atoms with Gasteiger partial charge in [-0.1, -0.05) is 31.0 Å². The summed E-state index contributed by atoms with van der Waals surface area (Å²) in [6, 6.07) is 15.2. The van der Waals surface area contributed by atoms with E-state index in [1.54, 1.807) is 54.9 Å². The fourth-order valence-corrected chi connectivity index (χ4v) is 6.62. The average molecular weight is 790 g/mol. The first-order chi connectivity index (χ1) is 28.0. The first-order valence-electron chi connectivity index (χ1n) is 18.6. The number of benzene rings is 2. The van der Waals surface area contributed by atoms with Crippen molar-refractivity contribution in [1.82, 2.24) is 39.7 Å². The van der Waals surface area contributed by atoms with Crippen molar-refractivity contribution in [3.63, 3.8) is 0 Å². The molecule has 3 amide bonds. The highest BCUT2D eigenvalue weighted by Gasteiger charge is 2.21. The van der Waals surface area contributed by atoms with Crippen LogP contribution in [-0.2, 0) is 18.3 Å². The zero-order valence-electron chi connectivity index (χ0n) is 32.5. The number of fused-ring (bicyclic) bond motifs is 1. The Morgan fingerprint density at radius 1 is 0.862 bits per heavy atom. The second-order valence-corrected chi connectivity index (χ2v) is 13.5. The van der Waals surface area contributed by atoms with Crippen LogP contribution >= 0.6 is 0 Å². The molecule has 300 valence electrons. The van der Waals surface area contributed by atoms with E-state index in [4.69, 9.17) is 10.5 Å². The van der Waals surface area contributed by atoms with Gasteiger partial charge >= 0.3 is 5.69 Å². The van der Waals surface area contributed by atoms with E-state index in [1.807, 2.05) is 18.2 Å². The topological polar surface area (TPSA) is 213 Å². The summed E-state index contributed by atoms with van der Waals surface area (Å²) >= 11 is 0. The predicted octanol–water partition coefficient (Wildman–Crippen LogP) is 5.16. The third-order valence-corrected chi connectivity index (χ3v) is 9.65. The van der Waals surface area contributed by atoms with Crippen LogP contribution in [0.15, 0.2) is 84.2 Å². The van der Waals surface area contributed by atoms with E-state index in [1.165, 1.54) is 31.1 Å². The lowest BCUT2D eigenvalue weighted by atomic mass is 10.0. The van der Waals surface area contributed by atoms with Gasteiger partial charge in [0.15, 0.2) is 17.4 Å². The fourth-order valence-electron chi connectivity index (χ4n) is 6.62. The van der Waals surface area contributed by atoms with E-state index in [2.05, 4.69) is 41.2 Å². The Labute approximate surface area is 333 Å². The predicted molar refractivity (Wildman–Crippen MR) is 218 cm³/mol. The van der Waals surface area contributed by atoms with Crippen molar-refractivity contribution in [3.8, 4) is 17.1 Å². The number of imidazole rings is 1. The molecule has 0 radical (unpaired) electrons. The van der Waals surface area contributed by atoms with Gasteiger partial charge in [0.05, 0.1) is 58.6 Å². The molecule has 6 rings (SSSR count). The van der Waals surface area contributed by atoms with Crippen molar-refractivity contribution in [3.05, 3.63) is 112 Å². The average Bonchev–Trinajstić information content (AvgIpc) is 3.49. The van der Waals surface area contributed by atoms with Gasteiger partial charge in [0.2, 0.25) is 5.91 Å². The number of unbranched alkanes of at least 4 members (excludes halogenated alkanes) is 3.